The van der Waals surface area contributed by atoms with Gasteiger partial charge in [0.15, 0.2) is 5.96 Å². The van der Waals surface area contributed by atoms with Crippen LogP contribution in [0.5, 0.6) is 0 Å². The molecule has 2 N–H and O–H groups in total. The van der Waals surface area contributed by atoms with Gasteiger partial charge in [-0.1, -0.05) is 24.9 Å². The van der Waals surface area contributed by atoms with Crippen LogP contribution in [0.15, 0.2) is 9.52 Å². The zero-order valence-corrected chi connectivity index (χ0v) is 14.4. The van der Waals surface area contributed by atoms with Gasteiger partial charge in [-0.3, -0.25) is 4.99 Å². The van der Waals surface area contributed by atoms with E-state index in [2.05, 4.69) is 29.6 Å². The van der Waals surface area contributed by atoms with Crippen molar-refractivity contribution in [3.63, 3.8) is 0 Å². The van der Waals surface area contributed by atoms with Gasteiger partial charge in [0.25, 0.3) is 0 Å². The molecule has 1 fully saturated rings. The van der Waals surface area contributed by atoms with Crippen molar-refractivity contribution in [3.05, 3.63) is 17.0 Å². The zero-order valence-electron chi connectivity index (χ0n) is 14.4. The highest BCUT2D eigenvalue weighted by Crippen LogP contribution is 2.23. The molecular formula is C17H30N4O. The number of hydrogen-bond acceptors (Lipinski definition) is 3. The molecule has 0 bridgehead atoms. The fourth-order valence-electron chi connectivity index (χ4n) is 3.22. The maximum atomic E-state index is 5.20. The minimum absolute atomic E-state index is 0.556. The van der Waals surface area contributed by atoms with Crippen LogP contribution < -0.4 is 10.6 Å². The summed E-state index contributed by atoms with van der Waals surface area (Å²) in [6, 6.07) is 0.556. The summed E-state index contributed by atoms with van der Waals surface area (Å²) in [5, 5.41) is 10.9. The molecule has 2 atom stereocenters. The molecule has 5 heteroatoms. The molecule has 1 aliphatic rings. The highest BCUT2D eigenvalue weighted by atomic mass is 16.5. The van der Waals surface area contributed by atoms with E-state index in [-0.39, 0.29) is 0 Å². The Morgan fingerprint density at radius 2 is 2.18 bits per heavy atom. The van der Waals surface area contributed by atoms with E-state index in [1.807, 2.05) is 13.8 Å². The van der Waals surface area contributed by atoms with E-state index in [0.29, 0.717) is 6.04 Å². The van der Waals surface area contributed by atoms with Crippen molar-refractivity contribution in [2.24, 2.45) is 10.9 Å². The minimum atomic E-state index is 0.556. The predicted molar refractivity (Wildman–Crippen MR) is 90.2 cm³/mol. The standard InChI is InChI=1S/C17H30N4O/c1-5-18-17(20-15-8-6-7-12(2)11-15)19-10-9-16-13(3)21-22-14(16)4/h12,15H,5-11H2,1-4H3,(H2,18,19,20). The van der Waals surface area contributed by atoms with Gasteiger partial charge in [0.1, 0.15) is 5.76 Å². The van der Waals surface area contributed by atoms with Gasteiger partial charge in [-0.15, -0.1) is 0 Å². The third-order valence-corrected chi connectivity index (χ3v) is 4.43. The first-order chi connectivity index (χ1) is 10.6. The molecule has 1 heterocycles. The van der Waals surface area contributed by atoms with Crippen LogP contribution in [0.3, 0.4) is 0 Å². The van der Waals surface area contributed by atoms with Crippen LogP contribution in [0.2, 0.25) is 0 Å². The van der Waals surface area contributed by atoms with Crippen molar-refractivity contribution in [2.45, 2.75) is 65.8 Å². The molecule has 1 saturated carbocycles. The fraction of sp³-hybridized carbons (Fsp3) is 0.765. The van der Waals surface area contributed by atoms with Crippen molar-refractivity contribution in [2.75, 3.05) is 13.1 Å². The number of hydrogen-bond donors (Lipinski definition) is 2. The summed E-state index contributed by atoms with van der Waals surface area (Å²) in [6.07, 6.45) is 6.04. The van der Waals surface area contributed by atoms with Crippen LogP contribution in [0, 0.1) is 19.8 Å². The molecular weight excluding hydrogens is 276 g/mol. The van der Waals surface area contributed by atoms with Crippen molar-refractivity contribution in [1.82, 2.24) is 15.8 Å². The molecule has 0 radical (unpaired) electrons. The van der Waals surface area contributed by atoms with Gasteiger partial charge in [-0.05, 0) is 46.0 Å². The van der Waals surface area contributed by atoms with Gasteiger partial charge in [-0.25, -0.2) is 0 Å². The van der Waals surface area contributed by atoms with E-state index >= 15 is 0 Å². The second-order valence-electron chi connectivity index (χ2n) is 6.43. The Hall–Kier alpha value is -1.52. The number of guanidine groups is 1. The average Bonchev–Trinajstić information content (AvgIpc) is 2.79. The highest BCUT2D eigenvalue weighted by Gasteiger charge is 2.19. The third kappa shape index (κ3) is 4.75. The van der Waals surface area contributed by atoms with Crippen LogP contribution >= 0.6 is 0 Å². The van der Waals surface area contributed by atoms with E-state index in [9.17, 15) is 0 Å². The lowest BCUT2D eigenvalue weighted by Gasteiger charge is -2.28. The summed E-state index contributed by atoms with van der Waals surface area (Å²) >= 11 is 0. The van der Waals surface area contributed by atoms with E-state index in [4.69, 9.17) is 9.52 Å². The van der Waals surface area contributed by atoms with E-state index < -0.39 is 0 Å². The van der Waals surface area contributed by atoms with E-state index in [0.717, 1.165) is 42.8 Å². The maximum absolute atomic E-state index is 5.20. The second-order valence-corrected chi connectivity index (χ2v) is 6.43. The normalized spacial score (nSPS) is 22.6. The zero-order chi connectivity index (χ0) is 15.9. The minimum Gasteiger partial charge on any atom is -0.361 e. The van der Waals surface area contributed by atoms with Crippen molar-refractivity contribution < 1.29 is 4.52 Å². The molecule has 124 valence electrons. The molecule has 2 rings (SSSR count). The van der Waals surface area contributed by atoms with Crippen molar-refractivity contribution in [3.8, 4) is 0 Å². The SMILES string of the molecule is CCNC(=NCCc1c(C)noc1C)NC1CCCC(C)C1. The lowest BCUT2D eigenvalue weighted by atomic mass is 9.87. The quantitative estimate of drug-likeness (QED) is 0.648. The molecule has 1 aliphatic carbocycles. The Morgan fingerprint density at radius 1 is 1.36 bits per heavy atom. The number of aryl methyl sites for hydroxylation is 2. The highest BCUT2D eigenvalue weighted by molar-refractivity contribution is 5.80. The molecule has 0 aromatic carbocycles. The monoisotopic (exact) mass is 306 g/mol. The van der Waals surface area contributed by atoms with Crippen molar-refractivity contribution >= 4 is 5.96 Å². The Balaban J connectivity index is 1.89. The number of aliphatic imine (C=N–C) groups is 1. The first kappa shape index (κ1) is 16.8. The molecule has 1 aromatic rings. The molecule has 5 nitrogen and oxygen atoms in total. The molecule has 2 unspecified atom stereocenters. The first-order valence-electron chi connectivity index (χ1n) is 8.56. The molecule has 0 spiro atoms. The number of rotatable bonds is 5. The Labute approximate surface area is 133 Å². The maximum Gasteiger partial charge on any atom is 0.191 e. The van der Waals surface area contributed by atoms with E-state index in [1.54, 1.807) is 0 Å². The Morgan fingerprint density at radius 3 is 2.82 bits per heavy atom. The average molecular weight is 306 g/mol. The van der Waals surface area contributed by atoms with E-state index in [1.165, 1.54) is 31.2 Å². The lowest BCUT2D eigenvalue weighted by Crippen LogP contribution is -2.45. The Bertz CT molecular complexity index is 475. The lowest BCUT2D eigenvalue weighted by molar-refractivity contribution is 0.324. The van der Waals surface area contributed by atoms with Crippen LogP contribution in [0.25, 0.3) is 0 Å². The first-order valence-corrected chi connectivity index (χ1v) is 8.56. The topological polar surface area (TPSA) is 62.5 Å². The van der Waals surface area contributed by atoms with Crippen molar-refractivity contribution in [1.29, 1.82) is 0 Å². The Kier molecular flexibility index (Phi) is 6.28. The largest absolute Gasteiger partial charge is 0.361 e. The second kappa shape index (κ2) is 8.20. The third-order valence-electron chi connectivity index (χ3n) is 4.43. The van der Waals surface area contributed by atoms with Crippen LogP contribution in [0.1, 0.15) is 56.5 Å². The van der Waals surface area contributed by atoms with Gasteiger partial charge >= 0.3 is 0 Å². The molecule has 1 aromatic heterocycles. The molecule has 22 heavy (non-hydrogen) atoms. The summed E-state index contributed by atoms with van der Waals surface area (Å²) in [5.41, 5.74) is 2.16. The summed E-state index contributed by atoms with van der Waals surface area (Å²) in [4.78, 5) is 4.71. The van der Waals surface area contributed by atoms with Gasteiger partial charge in [0.2, 0.25) is 0 Å². The molecule has 0 saturated heterocycles. The number of nitrogens with one attached hydrogen (secondary N) is 2. The van der Waals surface area contributed by atoms with Crippen LogP contribution in [-0.4, -0.2) is 30.2 Å². The van der Waals surface area contributed by atoms with Crippen LogP contribution in [0.4, 0.5) is 0 Å². The smallest absolute Gasteiger partial charge is 0.191 e. The molecule has 0 aliphatic heterocycles. The predicted octanol–water partition coefficient (Wildman–Crippen LogP) is 2.97. The summed E-state index contributed by atoms with van der Waals surface area (Å²) in [7, 11) is 0. The number of aromatic nitrogens is 1. The van der Waals surface area contributed by atoms with Gasteiger partial charge in [0.05, 0.1) is 5.69 Å². The summed E-state index contributed by atoms with van der Waals surface area (Å²) in [5.74, 6) is 2.66. The van der Waals surface area contributed by atoms with Gasteiger partial charge in [0, 0.05) is 24.7 Å². The molecule has 0 amide bonds. The van der Waals surface area contributed by atoms with Gasteiger partial charge in [-0.2, -0.15) is 0 Å². The van der Waals surface area contributed by atoms with Gasteiger partial charge < -0.3 is 15.2 Å². The van der Waals surface area contributed by atoms with Crippen LogP contribution in [-0.2, 0) is 6.42 Å². The summed E-state index contributed by atoms with van der Waals surface area (Å²) in [6.45, 7) is 10.0. The fourth-order valence-corrected chi connectivity index (χ4v) is 3.22. The number of nitrogens with zero attached hydrogens (tertiary/aromatic N) is 2. The summed E-state index contributed by atoms with van der Waals surface area (Å²) < 4.78 is 5.20.